The van der Waals surface area contributed by atoms with Gasteiger partial charge in [-0.15, -0.1) is 11.6 Å². The Morgan fingerprint density at radius 3 is 2.08 bits per heavy atom. The van der Waals surface area contributed by atoms with Gasteiger partial charge in [0.15, 0.2) is 0 Å². The molecule has 2 aromatic carbocycles. The summed E-state index contributed by atoms with van der Waals surface area (Å²) in [5, 5.41) is 1.91. The molecule has 0 heterocycles. The van der Waals surface area contributed by atoms with Crippen molar-refractivity contribution in [3.63, 3.8) is 0 Å². The second-order valence-corrected chi connectivity index (χ2v) is 7.30. The molecule has 0 aliphatic rings. The van der Waals surface area contributed by atoms with E-state index in [1.54, 1.807) is 31.2 Å². The van der Waals surface area contributed by atoms with Gasteiger partial charge in [-0.05, 0) is 55.5 Å². The minimum atomic E-state index is -3.72. The molecular formula is C16H17ClN2O4S. The molecule has 0 unspecified atom stereocenters. The lowest BCUT2D eigenvalue weighted by molar-refractivity contribution is -0.115. The average molecular weight is 369 g/mol. The zero-order valence-corrected chi connectivity index (χ0v) is 14.7. The van der Waals surface area contributed by atoms with Gasteiger partial charge in [-0.25, -0.2) is 8.42 Å². The average Bonchev–Trinajstić information content (AvgIpc) is 2.55. The summed E-state index contributed by atoms with van der Waals surface area (Å²) in [6.45, 7) is 1.55. The molecule has 0 aliphatic heterocycles. The van der Waals surface area contributed by atoms with Crippen molar-refractivity contribution >= 4 is 38.9 Å². The predicted octanol–water partition coefficient (Wildman–Crippen LogP) is 3.06. The summed E-state index contributed by atoms with van der Waals surface area (Å²) in [4.78, 5) is 11.6. The van der Waals surface area contributed by atoms with Crippen LogP contribution in [-0.2, 0) is 14.8 Å². The fourth-order valence-electron chi connectivity index (χ4n) is 1.83. The van der Waals surface area contributed by atoms with E-state index in [-0.39, 0.29) is 10.8 Å². The molecule has 6 nitrogen and oxygen atoms in total. The van der Waals surface area contributed by atoms with Crippen molar-refractivity contribution in [3.8, 4) is 5.75 Å². The van der Waals surface area contributed by atoms with Crippen LogP contribution in [0.2, 0.25) is 0 Å². The fraction of sp³-hybridized carbons (Fsp3) is 0.188. The Morgan fingerprint density at radius 1 is 1.04 bits per heavy atom. The first-order valence-electron chi connectivity index (χ1n) is 7.04. The summed E-state index contributed by atoms with van der Waals surface area (Å²) in [5.74, 6) is 0.273. The number of carbonyl (C=O) groups is 1. The number of hydrogen-bond donors (Lipinski definition) is 2. The van der Waals surface area contributed by atoms with E-state index in [9.17, 15) is 13.2 Å². The molecule has 1 atom stereocenters. The summed E-state index contributed by atoms with van der Waals surface area (Å²) in [6.07, 6.45) is 0. The summed E-state index contributed by atoms with van der Waals surface area (Å²) in [6, 6.07) is 12.3. The molecule has 0 aromatic heterocycles. The number of nitrogens with one attached hydrogen (secondary N) is 2. The van der Waals surface area contributed by atoms with Gasteiger partial charge in [0.1, 0.15) is 11.1 Å². The van der Waals surface area contributed by atoms with Gasteiger partial charge in [0, 0.05) is 11.4 Å². The van der Waals surface area contributed by atoms with E-state index in [1.165, 1.54) is 31.4 Å². The van der Waals surface area contributed by atoms with Crippen molar-refractivity contribution in [3.05, 3.63) is 48.5 Å². The largest absolute Gasteiger partial charge is 0.497 e. The van der Waals surface area contributed by atoms with Gasteiger partial charge in [-0.2, -0.15) is 0 Å². The topological polar surface area (TPSA) is 84.5 Å². The molecule has 2 aromatic rings. The highest BCUT2D eigenvalue weighted by molar-refractivity contribution is 7.92. The summed E-state index contributed by atoms with van der Waals surface area (Å²) < 4.78 is 32.2. The van der Waals surface area contributed by atoms with Crippen LogP contribution in [0.5, 0.6) is 5.75 Å². The number of amides is 1. The number of sulfonamides is 1. The van der Waals surface area contributed by atoms with Gasteiger partial charge >= 0.3 is 0 Å². The van der Waals surface area contributed by atoms with E-state index in [2.05, 4.69) is 10.0 Å². The quantitative estimate of drug-likeness (QED) is 0.767. The molecular weight excluding hydrogens is 352 g/mol. The molecule has 0 radical (unpaired) electrons. The third kappa shape index (κ3) is 4.62. The lowest BCUT2D eigenvalue weighted by Gasteiger charge is -2.10. The number of benzene rings is 2. The Bertz CT molecular complexity index is 803. The van der Waals surface area contributed by atoms with Gasteiger partial charge in [-0.3, -0.25) is 9.52 Å². The number of alkyl halides is 1. The van der Waals surface area contributed by atoms with Gasteiger partial charge in [0.2, 0.25) is 5.91 Å². The molecule has 0 bridgehead atoms. The number of methoxy groups -OCH3 is 1. The monoisotopic (exact) mass is 368 g/mol. The highest BCUT2D eigenvalue weighted by Gasteiger charge is 2.15. The zero-order valence-electron chi connectivity index (χ0n) is 13.1. The van der Waals surface area contributed by atoms with Crippen LogP contribution in [0.3, 0.4) is 0 Å². The van der Waals surface area contributed by atoms with Crippen LogP contribution >= 0.6 is 11.6 Å². The maximum Gasteiger partial charge on any atom is 0.261 e. The minimum absolute atomic E-state index is 0.0789. The molecule has 2 rings (SSSR count). The first-order valence-corrected chi connectivity index (χ1v) is 8.95. The highest BCUT2D eigenvalue weighted by atomic mass is 35.5. The maximum absolute atomic E-state index is 12.3. The first-order chi connectivity index (χ1) is 11.3. The molecule has 0 fully saturated rings. The lowest BCUT2D eigenvalue weighted by Crippen LogP contribution is -2.20. The Hall–Kier alpha value is -2.25. The second-order valence-electron chi connectivity index (χ2n) is 4.96. The third-order valence-electron chi connectivity index (χ3n) is 3.14. The Morgan fingerprint density at radius 2 is 1.58 bits per heavy atom. The van der Waals surface area contributed by atoms with E-state index >= 15 is 0 Å². The van der Waals surface area contributed by atoms with Gasteiger partial charge in [0.25, 0.3) is 10.0 Å². The van der Waals surface area contributed by atoms with Crippen LogP contribution in [0.25, 0.3) is 0 Å². The van der Waals surface area contributed by atoms with Crippen LogP contribution in [0.15, 0.2) is 53.4 Å². The van der Waals surface area contributed by atoms with E-state index in [1.807, 2.05) is 0 Å². The summed E-state index contributed by atoms with van der Waals surface area (Å²) in [7, 11) is -2.19. The van der Waals surface area contributed by atoms with Crippen molar-refractivity contribution in [1.82, 2.24) is 0 Å². The summed E-state index contributed by atoms with van der Waals surface area (Å²) in [5.41, 5.74) is 0.889. The van der Waals surface area contributed by atoms with Crippen molar-refractivity contribution in [1.29, 1.82) is 0 Å². The van der Waals surface area contributed by atoms with E-state index in [0.717, 1.165) is 0 Å². The lowest BCUT2D eigenvalue weighted by atomic mass is 10.3. The van der Waals surface area contributed by atoms with Crippen molar-refractivity contribution in [2.75, 3.05) is 17.1 Å². The number of carbonyl (C=O) groups excluding carboxylic acids is 1. The molecule has 8 heteroatoms. The van der Waals surface area contributed by atoms with Crippen molar-refractivity contribution in [2.45, 2.75) is 17.2 Å². The summed E-state index contributed by atoms with van der Waals surface area (Å²) >= 11 is 5.67. The van der Waals surface area contributed by atoms with Gasteiger partial charge in [-0.1, -0.05) is 0 Å². The van der Waals surface area contributed by atoms with Crippen LogP contribution in [0.4, 0.5) is 11.4 Å². The van der Waals surface area contributed by atoms with Crippen LogP contribution in [0, 0.1) is 0 Å². The van der Waals surface area contributed by atoms with Crippen molar-refractivity contribution < 1.29 is 17.9 Å². The normalized spacial score (nSPS) is 12.3. The van der Waals surface area contributed by atoms with Gasteiger partial charge < -0.3 is 10.1 Å². The number of hydrogen-bond acceptors (Lipinski definition) is 4. The van der Waals surface area contributed by atoms with E-state index in [0.29, 0.717) is 17.1 Å². The second kappa shape index (κ2) is 7.55. The van der Waals surface area contributed by atoms with E-state index in [4.69, 9.17) is 16.3 Å². The number of ether oxygens (including phenoxy) is 1. The fourth-order valence-corrected chi connectivity index (χ4v) is 2.95. The highest BCUT2D eigenvalue weighted by Crippen LogP contribution is 2.20. The number of rotatable bonds is 6. The van der Waals surface area contributed by atoms with Crippen LogP contribution in [-0.4, -0.2) is 26.8 Å². The molecule has 0 spiro atoms. The standard InChI is InChI=1S/C16H17ClN2O4S/c1-11(17)16(20)18-12-5-9-15(10-6-12)24(21,22)19-13-3-7-14(23-2)8-4-13/h3-11,19H,1-2H3,(H,18,20)/t11-/m1/s1. The molecule has 128 valence electrons. The molecule has 24 heavy (non-hydrogen) atoms. The Kier molecular flexibility index (Phi) is 5.69. The maximum atomic E-state index is 12.3. The molecule has 0 aliphatic carbocycles. The minimum Gasteiger partial charge on any atom is -0.497 e. The Balaban J connectivity index is 2.12. The first kappa shape index (κ1) is 18.1. The zero-order chi connectivity index (χ0) is 17.7. The van der Waals surface area contributed by atoms with Crippen molar-refractivity contribution in [2.24, 2.45) is 0 Å². The van der Waals surface area contributed by atoms with Crippen LogP contribution < -0.4 is 14.8 Å². The molecule has 0 saturated heterocycles. The SMILES string of the molecule is COc1ccc(NS(=O)(=O)c2ccc(NC(=O)[C@@H](C)Cl)cc2)cc1. The Labute approximate surface area is 145 Å². The van der Waals surface area contributed by atoms with Crippen LogP contribution in [0.1, 0.15) is 6.92 Å². The number of halogens is 1. The molecule has 1 amide bonds. The predicted molar refractivity (Wildman–Crippen MR) is 94.2 cm³/mol. The smallest absolute Gasteiger partial charge is 0.261 e. The van der Waals surface area contributed by atoms with E-state index < -0.39 is 15.4 Å². The number of anilines is 2. The molecule has 0 saturated carbocycles. The third-order valence-corrected chi connectivity index (χ3v) is 4.73. The van der Waals surface area contributed by atoms with Gasteiger partial charge in [0.05, 0.1) is 12.0 Å². The molecule has 2 N–H and O–H groups in total.